The SMILES string of the molecule is CC1(C)c2cc(-c3cc(-c4cccnc4)cc(-c4cc(-c5ccc(-c6ccccc6)cc5)nc(-c5ccccc5)n4)c3)ccc2-c2ccc3c(C#N)cccc3c21. The molecule has 0 unspecified atom stereocenters. The van der Waals surface area contributed by atoms with Gasteiger partial charge >= 0.3 is 0 Å². The molecule has 0 amide bonds. The van der Waals surface area contributed by atoms with Crippen LogP contribution in [0.2, 0.25) is 0 Å². The first-order chi connectivity index (χ1) is 27.9. The number of hydrogen-bond acceptors (Lipinski definition) is 4. The van der Waals surface area contributed by atoms with E-state index in [1.807, 2.05) is 54.9 Å². The minimum atomic E-state index is -0.278. The minimum absolute atomic E-state index is 0.278. The molecule has 0 saturated carbocycles. The van der Waals surface area contributed by atoms with Gasteiger partial charge in [-0.1, -0.05) is 141 Å². The molecule has 0 spiro atoms. The molecular weight excluding hydrogens is 693 g/mol. The number of rotatable bonds is 6. The minimum Gasteiger partial charge on any atom is -0.264 e. The van der Waals surface area contributed by atoms with Crippen molar-refractivity contribution in [3.8, 4) is 84.5 Å². The molecule has 0 atom stereocenters. The van der Waals surface area contributed by atoms with Crippen molar-refractivity contribution >= 4 is 10.8 Å². The summed E-state index contributed by atoms with van der Waals surface area (Å²) < 4.78 is 0. The number of nitrogens with zero attached hydrogens (tertiary/aromatic N) is 4. The first kappa shape index (κ1) is 34.0. The second kappa shape index (κ2) is 13.7. The van der Waals surface area contributed by atoms with Crippen LogP contribution < -0.4 is 0 Å². The summed E-state index contributed by atoms with van der Waals surface area (Å²) in [6, 6.07) is 61.8. The summed E-state index contributed by atoms with van der Waals surface area (Å²) in [5.74, 6) is 0.674. The van der Waals surface area contributed by atoms with Crippen molar-refractivity contribution < 1.29 is 0 Å². The molecule has 0 saturated heterocycles. The third-order valence-corrected chi connectivity index (χ3v) is 11.4. The van der Waals surface area contributed by atoms with E-state index in [2.05, 4.69) is 152 Å². The zero-order chi connectivity index (χ0) is 38.5. The zero-order valence-corrected chi connectivity index (χ0v) is 31.6. The van der Waals surface area contributed by atoms with Gasteiger partial charge in [-0.05, 0) is 103 Å². The van der Waals surface area contributed by atoms with Gasteiger partial charge in [0.1, 0.15) is 0 Å². The van der Waals surface area contributed by atoms with Crippen molar-refractivity contribution in [2.24, 2.45) is 0 Å². The van der Waals surface area contributed by atoms with Crippen molar-refractivity contribution in [3.05, 3.63) is 199 Å². The van der Waals surface area contributed by atoms with Crippen LogP contribution in [-0.2, 0) is 5.41 Å². The smallest absolute Gasteiger partial charge is 0.160 e. The van der Waals surface area contributed by atoms with E-state index in [-0.39, 0.29) is 5.41 Å². The van der Waals surface area contributed by atoms with Crippen LogP contribution in [0.15, 0.2) is 182 Å². The van der Waals surface area contributed by atoms with Crippen LogP contribution in [0.25, 0.3) is 89.2 Å². The highest BCUT2D eigenvalue weighted by atomic mass is 14.9. The Labute approximate surface area is 332 Å². The van der Waals surface area contributed by atoms with E-state index in [1.165, 1.54) is 27.8 Å². The lowest BCUT2D eigenvalue weighted by Gasteiger charge is -2.24. The quantitative estimate of drug-likeness (QED) is 0.171. The number of fused-ring (bicyclic) bond motifs is 5. The summed E-state index contributed by atoms with van der Waals surface area (Å²) in [5, 5.41) is 12.0. The van der Waals surface area contributed by atoms with Crippen LogP contribution in [-0.4, -0.2) is 15.0 Å². The molecule has 9 aromatic rings. The van der Waals surface area contributed by atoms with E-state index in [0.29, 0.717) is 11.4 Å². The molecule has 2 aromatic heterocycles. The summed E-state index contributed by atoms with van der Waals surface area (Å²) in [4.78, 5) is 14.9. The number of aromatic nitrogens is 3. The monoisotopic (exact) mass is 728 g/mol. The Morgan fingerprint density at radius 1 is 0.456 bits per heavy atom. The lowest BCUT2D eigenvalue weighted by Crippen LogP contribution is -2.15. The summed E-state index contributed by atoms with van der Waals surface area (Å²) >= 11 is 0. The van der Waals surface area contributed by atoms with Crippen LogP contribution in [0.5, 0.6) is 0 Å². The Balaban J connectivity index is 1.13. The van der Waals surface area contributed by atoms with Crippen molar-refractivity contribution in [1.29, 1.82) is 5.26 Å². The fourth-order valence-electron chi connectivity index (χ4n) is 8.53. The largest absolute Gasteiger partial charge is 0.264 e. The topological polar surface area (TPSA) is 62.5 Å². The average molecular weight is 729 g/mol. The molecule has 1 aliphatic rings. The van der Waals surface area contributed by atoms with Gasteiger partial charge in [-0.2, -0.15) is 5.26 Å². The summed E-state index contributed by atoms with van der Waals surface area (Å²) in [6.07, 6.45) is 3.73. The number of nitriles is 1. The average Bonchev–Trinajstić information content (AvgIpc) is 3.52. The fraction of sp³-hybridized carbons (Fsp3) is 0.0566. The van der Waals surface area contributed by atoms with Gasteiger partial charge in [0.15, 0.2) is 5.82 Å². The lowest BCUT2D eigenvalue weighted by molar-refractivity contribution is 0.666. The van der Waals surface area contributed by atoms with E-state index < -0.39 is 0 Å². The van der Waals surface area contributed by atoms with Crippen LogP contribution in [0.1, 0.15) is 30.5 Å². The first-order valence-corrected chi connectivity index (χ1v) is 19.2. The van der Waals surface area contributed by atoms with Gasteiger partial charge in [-0.3, -0.25) is 4.98 Å². The van der Waals surface area contributed by atoms with Crippen molar-refractivity contribution in [2.45, 2.75) is 19.3 Å². The van der Waals surface area contributed by atoms with Gasteiger partial charge in [-0.25, -0.2) is 9.97 Å². The normalized spacial score (nSPS) is 12.5. The highest BCUT2D eigenvalue weighted by Gasteiger charge is 2.37. The van der Waals surface area contributed by atoms with Crippen molar-refractivity contribution in [2.75, 3.05) is 0 Å². The molecular formula is C53H36N4. The van der Waals surface area contributed by atoms with Gasteiger partial charge in [0.2, 0.25) is 0 Å². The molecule has 0 N–H and O–H groups in total. The van der Waals surface area contributed by atoms with Gasteiger partial charge in [-0.15, -0.1) is 0 Å². The molecule has 0 aliphatic heterocycles. The number of benzene rings is 7. The van der Waals surface area contributed by atoms with E-state index in [4.69, 9.17) is 9.97 Å². The second-order valence-electron chi connectivity index (χ2n) is 15.2. The third-order valence-electron chi connectivity index (χ3n) is 11.4. The summed E-state index contributed by atoms with van der Waals surface area (Å²) in [5.41, 5.74) is 16.7. The van der Waals surface area contributed by atoms with Crippen molar-refractivity contribution in [3.63, 3.8) is 0 Å². The van der Waals surface area contributed by atoms with E-state index >= 15 is 0 Å². The summed E-state index contributed by atoms with van der Waals surface area (Å²) in [7, 11) is 0. The van der Waals surface area contributed by atoms with Gasteiger partial charge < -0.3 is 0 Å². The summed E-state index contributed by atoms with van der Waals surface area (Å²) in [6.45, 7) is 4.61. The van der Waals surface area contributed by atoms with Crippen LogP contribution >= 0.6 is 0 Å². The molecule has 1 aliphatic carbocycles. The second-order valence-corrected chi connectivity index (χ2v) is 15.2. The maximum absolute atomic E-state index is 9.89. The Morgan fingerprint density at radius 3 is 1.79 bits per heavy atom. The predicted octanol–water partition coefficient (Wildman–Crippen LogP) is 13.2. The molecule has 268 valence electrons. The highest BCUT2D eigenvalue weighted by Crippen LogP contribution is 2.52. The molecule has 0 fully saturated rings. The maximum Gasteiger partial charge on any atom is 0.160 e. The van der Waals surface area contributed by atoms with Crippen molar-refractivity contribution in [1.82, 2.24) is 15.0 Å². The van der Waals surface area contributed by atoms with Gasteiger partial charge in [0, 0.05) is 40.1 Å². The molecule has 0 radical (unpaired) electrons. The Morgan fingerprint density at radius 2 is 1.07 bits per heavy atom. The van der Waals surface area contributed by atoms with E-state index in [0.717, 1.165) is 66.7 Å². The molecule has 2 heterocycles. The van der Waals surface area contributed by atoms with Crippen LogP contribution in [0.4, 0.5) is 0 Å². The molecule has 7 aromatic carbocycles. The van der Waals surface area contributed by atoms with E-state index in [1.54, 1.807) is 0 Å². The Hall–Kier alpha value is -7.48. The molecule has 0 bridgehead atoms. The predicted molar refractivity (Wildman–Crippen MR) is 232 cm³/mol. The highest BCUT2D eigenvalue weighted by molar-refractivity contribution is 6.00. The number of hydrogen-bond donors (Lipinski definition) is 0. The fourth-order valence-corrected chi connectivity index (χ4v) is 8.53. The first-order valence-electron chi connectivity index (χ1n) is 19.2. The molecule has 4 nitrogen and oxygen atoms in total. The lowest BCUT2D eigenvalue weighted by atomic mass is 9.79. The standard InChI is InChI=1S/C53H36N4/c1-53(2)48-30-38(22-23-45(48)47-25-24-44-39(32-54)15-9-17-46(44)51(47)53)41-27-42(40-16-10-26-55-33-40)29-43(28-41)50-31-49(56-52(57-50)37-13-7-4-8-14-37)36-20-18-35(19-21-36)34-11-5-3-6-12-34/h3-31,33H,1-2H3. The maximum atomic E-state index is 9.89. The van der Waals surface area contributed by atoms with E-state index in [9.17, 15) is 5.26 Å². The van der Waals surface area contributed by atoms with Crippen LogP contribution in [0, 0.1) is 11.3 Å². The third kappa shape index (κ3) is 5.98. The van der Waals surface area contributed by atoms with Gasteiger partial charge in [0.25, 0.3) is 0 Å². The molecule has 57 heavy (non-hydrogen) atoms. The Kier molecular flexibility index (Phi) is 8.17. The number of pyridine rings is 1. The molecule has 4 heteroatoms. The molecule has 10 rings (SSSR count). The Bertz CT molecular complexity index is 3020. The van der Waals surface area contributed by atoms with Crippen LogP contribution in [0.3, 0.4) is 0 Å². The van der Waals surface area contributed by atoms with Gasteiger partial charge in [0.05, 0.1) is 23.0 Å². The zero-order valence-electron chi connectivity index (χ0n) is 31.6.